The van der Waals surface area contributed by atoms with Gasteiger partial charge in [-0.3, -0.25) is 4.79 Å². The van der Waals surface area contributed by atoms with Gasteiger partial charge in [0.15, 0.2) is 17.9 Å². The summed E-state index contributed by atoms with van der Waals surface area (Å²) < 4.78 is 51.5. The molecule has 0 spiro atoms. The number of carbonyl (C=O) groups is 1. The number of rotatable bonds is 13. The first-order valence-electron chi connectivity index (χ1n) is 14.9. The summed E-state index contributed by atoms with van der Waals surface area (Å²) in [5, 5.41) is 20.4. The summed E-state index contributed by atoms with van der Waals surface area (Å²) >= 11 is 0. The van der Waals surface area contributed by atoms with Gasteiger partial charge in [-0.1, -0.05) is 25.5 Å². The molecule has 1 aliphatic carbocycles. The highest BCUT2D eigenvalue weighted by atomic mass is 19.1. The summed E-state index contributed by atoms with van der Waals surface area (Å²) in [6.07, 6.45) is 10.3. The Bertz CT molecular complexity index is 967. The van der Waals surface area contributed by atoms with E-state index in [0.29, 0.717) is 38.4 Å². The number of ether oxygens (including phenoxy) is 4. The van der Waals surface area contributed by atoms with Crippen LogP contribution in [-0.2, 0) is 19.0 Å². The van der Waals surface area contributed by atoms with Crippen LogP contribution >= 0.6 is 0 Å². The summed E-state index contributed by atoms with van der Waals surface area (Å²) in [6.45, 7) is 3.17. The Hall–Kier alpha value is -2.07. The smallest absolute Gasteiger partial charge is 0.306 e. The maximum Gasteiger partial charge on any atom is 0.306 e. The summed E-state index contributed by atoms with van der Waals surface area (Å²) in [4.78, 5) is 11.6. The third-order valence-corrected chi connectivity index (χ3v) is 8.56. The first kappa shape index (κ1) is 30.9. The molecule has 0 radical (unpaired) electrons. The third-order valence-electron chi connectivity index (χ3n) is 8.56. The summed E-state index contributed by atoms with van der Waals surface area (Å²) in [5.41, 5.74) is 0. The predicted octanol–water partition coefficient (Wildman–Crippen LogP) is 5.88. The van der Waals surface area contributed by atoms with Crippen LogP contribution in [0.15, 0.2) is 30.4 Å². The highest BCUT2D eigenvalue weighted by molar-refractivity contribution is 5.69. The summed E-state index contributed by atoms with van der Waals surface area (Å²) in [7, 11) is 0. The number of carboxylic acids is 1. The van der Waals surface area contributed by atoms with E-state index in [1.54, 1.807) is 0 Å². The van der Waals surface area contributed by atoms with E-state index in [1.807, 2.05) is 19.1 Å². The molecule has 0 aromatic heterocycles. The molecule has 8 atom stereocenters. The number of halogens is 2. The van der Waals surface area contributed by atoms with Gasteiger partial charge in [0, 0.05) is 31.6 Å². The number of aliphatic carboxylic acids is 1. The van der Waals surface area contributed by atoms with Gasteiger partial charge in [0.1, 0.15) is 18.5 Å². The highest BCUT2D eigenvalue weighted by Gasteiger charge is 2.43. The van der Waals surface area contributed by atoms with Crippen molar-refractivity contribution in [3.8, 4) is 5.75 Å². The summed E-state index contributed by atoms with van der Waals surface area (Å²) in [5.74, 6) is -2.15. The standard InChI is InChI=1S/C31H44F2O7/c1-2-5-21(31(35)36)9-7-20-8-12-25-24(27(34)17-28(25)38-18-20)13-11-23(40-30-6-3-4-15-37-30)19-39-29-16-22(32)10-14-26(29)33/h10-11,13-14,16,20-21,23-25,27-28,30,34H,2-9,12,15,17-19H2,1H3,(H,35,36)/b13-11+/t20-,21?,23-,24-,25-,27-,28+,30?/m1/s1. The Labute approximate surface area is 235 Å². The van der Waals surface area contributed by atoms with Gasteiger partial charge in [0.2, 0.25) is 0 Å². The van der Waals surface area contributed by atoms with Crippen LogP contribution < -0.4 is 4.74 Å². The third kappa shape index (κ3) is 8.71. The normalized spacial score (nSPS) is 30.5. The van der Waals surface area contributed by atoms with Gasteiger partial charge >= 0.3 is 5.97 Å². The number of aliphatic hydroxyl groups excluding tert-OH is 1. The topological polar surface area (TPSA) is 94.5 Å². The number of hydrogen-bond acceptors (Lipinski definition) is 6. The lowest BCUT2D eigenvalue weighted by Gasteiger charge is -2.27. The van der Waals surface area contributed by atoms with Gasteiger partial charge in [0.25, 0.3) is 0 Å². The van der Waals surface area contributed by atoms with Crippen molar-refractivity contribution in [3.63, 3.8) is 0 Å². The number of aliphatic hydroxyl groups is 1. The van der Waals surface area contributed by atoms with E-state index in [0.717, 1.165) is 63.1 Å². The van der Waals surface area contributed by atoms with Crippen molar-refractivity contribution >= 4 is 5.97 Å². The zero-order valence-electron chi connectivity index (χ0n) is 23.4. The van der Waals surface area contributed by atoms with Crippen molar-refractivity contribution < 1.29 is 42.7 Å². The summed E-state index contributed by atoms with van der Waals surface area (Å²) in [6, 6.07) is 3.08. The first-order chi connectivity index (χ1) is 19.3. The minimum absolute atomic E-state index is 0.0330. The molecular formula is C31H44F2O7. The largest absolute Gasteiger partial charge is 0.487 e. The lowest BCUT2D eigenvalue weighted by atomic mass is 9.85. The Kier molecular flexibility index (Phi) is 11.8. The number of benzene rings is 1. The molecule has 0 bridgehead atoms. The fraction of sp³-hybridized carbons (Fsp3) is 0.710. The molecule has 1 aromatic rings. The van der Waals surface area contributed by atoms with Gasteiger partial charge in [-0.25, -0.2) is 8.78 Å². The van der Waals surface area contributed by atoms with Crippen LogP contribution in [0.1, 0.15) is 71.1 Å². The van der Waals surface area contributed by atoms with Gasteiger partial charge in [0.05, 0.1) is 18.1 Å². The fourth-order valence-corrected chi connectivity index (χ4v) is 6.29. The van der Waals surface area contributed by atoms with E-state index in [1.165, 1.54) is 0 Å². The molecule has 2 saturated heterocycles. The van der Waals surface area contributed by atoms with Crippen molar-refractivity contribution in [2.45, 2.75) is 95.7 Å². The van der Waals surface area contributed by atoms with E-state index < -0.39 is 36.1 Å². The quantitative estimate of drug-likeness (QED) is 0.288. The van der Waals surface area contributed by atoms with Crippen LogP contribution in [0.5, 0.6) is 5.75 Å². The van der Waals surface area contributed by atoms with Crippen LogP contribution in [0.2, 0.25) is 0 Å². The lowest BCUT2D eigenvalue weighted by molar-refractivity contribution is -0.183. The Morgan fingerprint density at radius 3 is 2.77 bits per heavy atom. The molecule has 1 saturated carbocycles. The van der Waals surface area contributed by atoms with Gasteiger partial charge in [-0.05, 0) is 75.3 Å². The van der Waals surface area contributed by atoms with Crippen molar-refractivity contribution in [1.82, 2.24) is 0 Å². The molecule has 1 aromatic carbocycles. The molecule has 0 amide bonds. The minimum atomic E-state index is -0.721. The molecule has 9 heteroatoms. The SMILES string of the molecule is CCCC(CC[C@@H]1CC[C@@H]2[C@@H](/C=C/[C@H](COc3cc(F)ccc3F)OC3CCCCO3)[C@H](O)C[C@@H]2OC1)C(=O)O. The number of hydrogen-bond donors (Lipinski definition) is 2. The lowest BCUT2D eigenvalue weighted by Crippen LogP contribution is -2.31. The number of fused-ring (bicyclic) bond motifs is 1. The van der Waals surface area contributed by atoms with Gasteiger partial charge < -0.3 is 29.2 Å². The monoisotopic (exact) mass is 566 g/mol. The molecule has 4 rings (SSSR count). The predicted molar refractivity (Wildman–Crippen MR) is 145 cm³/mol. The van der Waals surface area contributed by atoms with Gasteiger partial charge in [-0.15, -0.1) is 0 Å². The van der Waals surface area contributed by atoms with Crippen LogP contribution in [0.4, 0.5) is 8.78 Å². The van der Waals surface area contributed by atoms with Crippen molar-refractivity contribution in [2.75, 3.05) is 19.8 Å². The van der Waals surface area contributed by atoms with E-state index in [2.05, 4.69) is 0 Å². The Morgan fingerprint density at radius 2 is 2.02 bits per heavy atom. The van der Waals surface area contributed by atoms with Crippen LogP contribution in [0.3, 0.4) is 0 Å². The zero-order valence-corrected chi connectivity index (χ0v) is 23.4. The van der Waals surface area contributed by atoms with Crippen molar-refractivity contribution in [3.05, 3.63) is 42.0 Å². The average molecular weight is 567 g/mol. The zero-order chi connectivity index (χ0) is 28.5. The van der Waals surface area contributed by atoms with E-state index in [-0.39, 0.29) is 36.2 Å². The molecule has 7 nitrogen and oxygen atoms in total. The van der Waals surface area contributed by atoms with Crippen molar-refractivity contribution in [1.29, 1.82) is 0 Å². The van der Waals surface area contributed by atoms with E-state index in [9.17, 15) is 23.8 Å². The van der Waals surface area contributed by atoms with Crippen molar-refractivity contribution in [2.24, 2.45) is 23.7 Å². The molecule has 3 fully saturated rings. The van der Waals surface area contributed by atoms with Crippen LogP contribution in [0.25, 0.3) is 0 Å². The Morgan fingerprint density at radius 1 is 1.18 bits per heavy atom. The molecule has 3 aliphatic rings. The van der Waals surface area contributed by atoms with E-state index in [4.69, 9.17) is 18.9 Å². The number of carboxylic acid groups (broad SMARTS) is 1. The maximum atomic E-state index is 14.1. The molecule has 2 N–H and O–H groups in total. The highest BCUT2D eigenvalue weighted by Crippen LogP contribution is 2.42. The molecular weight excluding hydrogens is 522 g/mol. The van der Waals surface area contributed by atoms with Crippen LogP contribution in [0, 0.1) is 35.3 Å². The molecule has 2 heterocycles. The Balaban J connectivity index is 1.38. The maximum absolute atomic E-state index is 14.1. The van der Waals surface area contributed by atoms with E-state index >= 15 is 0 Å². The molecule has 40 heavy (non-hydrogen) atoms. The molecule has 2 aliphatic heterocycles. The first-order valence-corrected chi connectivity index (χ1v) is 14.9. The molecule has 2 unspecified atom stereocenters. The second kappa shape index (κ2) is 15.2. The minimum Gasteiger partial charge on any atom is -0.487 e. The van der Waals surface area contributed by atoms with Crippen LogP contribution in [-0.4, -0.2) is 60.6 Å². The second-order valence-corrected chi connectivity index (χ2v) is 11.5. The average Bonchev–Trinajstić information content (AvgIpc) is 3.10. The van der Waals surface area contributed by atoms with Gasteiger partial charge in [-0.2, -0.15) is 0 Å². The molecule has 224 valence electrons. The second-order valence-electron chi connectivity index (χ2n) is 11.5. The fourth-order valence-electron chi connectivity index (χ4n) is 6.29.